The predicted molar refractivity (Wildman–Crippen MR) is 96.9 cm³/mol. The van der Waals surface area contributed by atoms with E-state index in [0.29, 0.717) is 13.0 Å². The number of nitrogens with zero attached hydrogens (tertiary/aromatic N) is 1. The van der Waals surface area contributed by atoms with E-state index >= 15 is 0 Å². The molecule has 23 heavy (non-hydrogen) atoms. The fourth-order valence-electron chi connectivity index (χ4n) is 2.29. The summed E-state index contributed by atoms with van der Waals surface area (Å²) in [4.78, 5) is 17.9. The fraction of sp³-hybridized carbons (Fsp3) is 0.222. The first-order chi connectivity index (χ1) is 11.1. The van der Waals surface area contributed by atoms with E-state index in [-0.39, 0.29) is 5.91 Å². The van der Waals surface area contributed by atoms with Crippen molar-refractivity contribution in [2.24, 2.45) is 0 Å². The van der Waals surface area contributed by atoms with Crippen molar-refractivity contribution in [3.05, 3.63) is 62.8 Å². The van der Waals surface area contributed by atoms with Crippen LogP contribution in [0.2, 0.25) is 0 Å². The Hall–Kier alpha value is -1.98. The van der Waals surface area contributed by atoms with Crippen molar-refractivity contribution in [3.8, 4) is 10.6 Å². The summed E-state index contributed by atoms with van der Waals surface area (Å²) < 4.78 is 0. The van der Waals surface area contributed by atoms with E-state index < -0.39 is 0 Å². The number of hydrogen-bond donors (Lipinski definition) is 1. The number of thiazole rings is 1. The third-order valence-electron chi connectivity index (χ3n) is 3.57. The number of rotatable bonds is 5. The molecule has 1 amide bonds. The normalized spacial score (nSPS) is 10.7. The Morgan fingerprint density at radius 2 is 2.09 bits per heavy atom. The summed E-state index contributed by atoms with van der Waals surface area (Å²) in [7, 11) is 0. The Balaban J connectivity index is 1.60. The van der Waals surface area contributed by atoms with Gasteiger partial charge in [-0.25, -0.2) is 4.98 Å². The van der Waals surface area contributed by atoms with Crippen molar-refractivity contribution >= 4 is 28.6 Å². The highest BCUT2D eigenvalue weighted by Crippen LogP contribution is 2.24. The molecular formula is C18H18N2OS2. The minimum absolute atomic E-state index is 0.0129. The number of aryl methyl sites for hydroxylation is 2. The van der Waals surface area contributed by atoms with E-state index in [1.54, 1.807) is 22.7 Å². The average Bonchev–Trinajstić information content (AvgIpc) is 3.14. The highest BCUT2D eigenvalue weighted by atomic mass is 32.1. The van der Waals surface area contributed by atoms with Crippen molar-refractivity contribution in [1.82, 2.24) is 10.3 Å². The molecule has 0 aliphatic rings. The van der Waals surface area contributed by atoms with Crippen LogP contribution in [0.3, 0.4) is 0 Å². The Bertz CT molecular complexity index is 820. The molecule has 3 aromatic rings. The SMILES string of the molecule is Cc1cccc(-c2nc(CC(=O)NCc3sccc3C)cs2)c1. The highest BCUT2D eigenvalue weighted by molar-refractivity contribution is 7.13. The summed E-state index contributed by atoms with van der Waals surface area (Å²) in [6.07, 6.45) is 0.326. The lowest BCUT2D eigenvalue weighted by Gasteiger charge is -2.03. The molecule has 0 aliphatic heterocycles. The molecule has 0 spiro atoms. The first-order valence-corrected chi connectivity index (χ1v) is 9.19. The maximum Gasteiger partial charge on any atom is 0.226 e. The summed E-state index contributed by atoms with van der Waals surface area (Å²) >= 11 is 3.25. The zero-order chi connectivity index (χ0) is 16.2. The minimum Gasteiger partial charge on any atom is -0.351 e. The molecule has 3 rings (SSSR count). The summed E-state index contributed by atoms with van der Waals surface area (Å²) in [5.41, 5.74) is 4.37. The number of hydrogen-bond acceptors (Lipinski definition) is 4. The molecule has 0 saturated carbocycles. The summed E-state index contributed by atoms with van der Waals surface area (Å²) in [6, 6.07) is 10.3. The number of carbonyl (C=O) groups is 1. The van der Waals surface area contributed by atoms with Gasteiger partial charge in [0.15, 0.2) is 0 Å². The molecule has 0 unspecified atom stereocenters. The first kappa shape index (κ1) is 15.9. The molecule has 118 valence electrons. The van der Waals surface area contributed by atoms with Crippen LogP contribution in [-0.4, -0.2) is 10.9 Å². The van der Waals surface area contributed by atoms with Crippen LogP contribution in [0.4, 0.5) is 0 Å². The van der Waals surface area contributed by atoms with Crippen LogP contribution in [0.5, 0.6) is 0 Å². The Labute approximate surface area is 144 Å². The van der Waals surface area contributed by atoms with Crippen LogP contribution in [0.1, 0.15) is 21.7 Å². The highest BCUT2D eigenvalue weighted by Gasteiger charge is 2.10. The van der Waals surface area contributed by atoms with E-state index in [9.17, 15) is 4.79 Å². The van der Waals surface area contributed by atoms with Crippen molar-refractivity contribution in [3.63, 3.8) is 0 Å². The van der Waals surface area contributed by atoms with Gasteiger partial charge in [-0.05, 0) is 36.9 Å². The molecular weight excluding hydrogens is 324 g/mol. The largest absolute Gasteiger partial charge is 0.351 e. The van der Waals surface area contributed by atoms with Crippen molar-refractivity contribution in [1.29, 1.82) is 0 Å². The van der Waals surface area contributed by atoms with Crippen LogP contribution in [0, 0.1) is 13.8 Å². The fourth-order valence-corrected chi connectivity index (χ4v) is 3.95. The zero-order valence-corrected chi connectivity index (χ0v) is 14.8. The van der Waals surface area contributed by atoms with E-state index in [2.05, 4.69) is 48.4 Å². The van der Waals surface area contributed by atoms with Gasteiger partial charge in [0, 0.05) is 15.8 Å². The molecule has 0 saturated heterocycles. The molecule has 2 aromatic heterocycles. The molecule has 1 aromatic carbocycles. The van der Waals surface area contributed by atoms with Gasteiger partial charge in [0.2, 0.25) is 5.91 Å². The van der Waals surface area contributed by atoms with Crippen LogP contribution < -0.4 is 5.32 Å². The molecule has 3 nitrogen and oxygen atoms in total. The van der Waals surface area contributed by atoms with Crippen molar-refractivity contribution in [2.75, 3.05) is 0 Å². The first-order valence-electron chi connectivity index (χ1n) is 7.43. The third kappa shape index (κ3) is 4.06. The van der Waals surface area contributed by atoms with Gasteiger partial charge in [0.1, 0.15) is 5.01 Å². The molecule has 1 N–H and O–H groups in total. The molecule has 2 heterocycles. The molecule has 0 radical (unpaired) electrons. The van der Waals surface area contributed by atoms with E-state index in [1.807, 2.05) is 16.8 Å². The second kappa shape index (κ2) is 7.06. The van der Waals surface area contributed by atoms with Gasteiger partial charge in [0.25, 0.3) is 0 Å². The molecule has 0 fully saturated rings. The topological polar surface area (TPSA) is 42.0 Å². The number of carbonyl (C=O) groups excluding carboxylic acids is 1. The van der Waals surface area contributed by atoms with Crippen molar-refractivity contribution in [2.45, 2.75) is 26.8 Å². The summed E-state index contributed by atoms with van der Waals surface area (Å²) in [5.74, 6) is 0.0129. The lowest BCUT2D eigenvalue weighted by molar-refractivity contribution is -0.120. The van der Waals surface area contributed by atoms with Gasteiger partial charge < -0.3 is 5.32 Å². The number of benzene rings is 1. The smallest absolute Gasteiger partial charge is 0.226 e. The van der Waals surface area contributed by atoms with Gasteiger partial charge in [0.05, 0.1) is 18.7 Å². The monoisotopic (exact) mass is 342 g/mol. The molecule has 0 aliphatic carbocycles. The minimum atomic E-state index is 0.0129. The lowest BCUT2D eigenvalue weighted by Crippen LogP contribution is -2.24. The van der Waals surface area contributed by atoms with Crippen LogP contribution in [0.15, 0.2) is 41.1 Å². The van der Waals surface area contributed by atoms with Crippen LogP contribution >= 0.6 is 22.7 Å². The lowest BCUT2D eigenvalue weighted by atomic mass is 10.1. The van der Waals surface area contributed by atoms with Crippen LogP contribution in [-0.2, 0) is 17.8 Å². The second-order valence-corrected chi connectivity index (χ2v) is 7.35. The van der Waals surface area contributed by atoms with E-state index in [1.165, 1.54) is 16.0 Å². The maximum absolute atomic E-state index is 12.1. The molecule has 5 heteroatoms. The third-order valence-corrected chi connectivity index (χ3v) is 5.54. The zero-order valence-electron chi connectivity index (χ0n) is 13.1. The average molecular weight is 342 g/mol. The standard InChI is InChI=1S/C18H18N2OS2/c1-12-4-3-5-14(8-12)18-20-15(11-23-18)9-17(21)19-10-16-13(2)6-7-22-16/h3-8,11H,9-10H2,1-2H3,(H,19,21). The Morgan fingerprint density at radius 1 is 1.22 bits per heavy atom. The van der Waals surface area contributed by atoms with Gasteiger partial charge in [-0.15, -0.1) is 22.7 Å². The quantitative estimate of drug-likeness (QED) is 0.749. The Kier molecular flexibility index (Phi) is 4.88. The van der Waals surface area contributed by atoms with Crippen LogP contribution in [0.25, 0.3) is 10.6 Å². The molecule has 0 atom stereocenters. The number of aromatic nitrogens is 1. The summed E-state index contributed by atoms with van der Waals surface area (Å²) in [6.45, 7) is 4.72. The second-order valence-electron chi connectivity index (χ2n) is 5.49. The number of amides is 1. The van der Waals surface area contributed by atoms with Gasteiger partial charge in [-0.1, -0.05) is 23.8 Å². The van der Waals surface area contributed by atoms with Gasteiger partial charge >= 0.3 is 0 Å². The van der Waals surface area contributed by atoms with Crippen molar-refractivity contribution < 1.29 is 4.79 Å². The van der Waals surface area contributed by atoms with Gasteiger partial charge in [-0.3, -0.25) is 4.79 Å². The van der Waals surface area contributed by atoms with E-state index in [4.69, 9.17) is 0 Å². The van der Waals surface area contributed by atoms with E-state index in [0.717, 1.165) is 16.3 Å². The Morgan fingerprint density at radius 3 is 2.83 bits per heavy atom. The number of thiophene rings is 1. The molecule has 0 bridgehead atoms. The summed E-state index contributed by atoms with van der Waals surface area (Å²) in [5, 5.41) is 7.95. The number of nitrogens with one attached hydrogen (secondary N) is 1. The predicted octanol–water partition coefficient (Wildman–Crippen LogP) is 4.35. The van der Waals surface area contributed by atoms with Gasteiger partial charge in [-0.2, -0.15) is 0 Å². The maximum atomic E-state index is 12.1.